The Kier molecular flexibility index (Phi) is 4.14. The van der Waals surface area contributed by atoms with Gasteiger partial charge in [-0.15, -0.1) is 0 Å². The van der Waals surface area contributed by atoms with E-state index in [-0.39, 0.29) is 5.75 Å². The van der Waals surface area contributed by atoms with Crippen molar-refractivity contribution in [2.75, 3.05) is 6.54 Å². The number of rotatable bonds is 6. The van der Waals surface area contributed by atoms with E-state index in [9.17, 15) is 13.9 Å². The van der Waals surface area contributed by atoms with Crippen molar-refractivity contribution in [3.8, 4) is 5.75 Å². The van der Waals surface area contributed by atoms with Crippen molar-refractivity contribution in [1.29, 1.82) is 0 Å². The average Bonchev–Trinajstić information content (AvgIpc) is 2.28. The van der Waals surface area contributed by atoms with Gasteiger partial charge in [0.1, 0.15) is 5.75 Å². The number of halogens is 2. The first-order valence-corrected chi connectivity index (χ1v) is 6.05. The molecule has 0 aromatic heterocycles. The van der Waals surface area contributed by atoms with Crippen molar-refractivity contribution >= 4 is 0 Å². The number of nitrogens with one attached hydrogen (secondary N) is 1. The molecule has 1 aliphatic rings. The van der Waals surface area contributed by atoms with Crippen LogP contribution in [-0.4, -0.2) is 23.9 Å². The highest BCUT2D eigenvalue weighted by Crippen LogP contribution is 2.30. The number of para-hydroxylation sites is 1. The van der Waals surface area contributed by atoms with E-state index in [2.05, 4.69) is 10.1 Å². The smallest absolute Gasteiger partial charge is 0.387 e. The molecule has 2 N–H and O–H groups in total. The van der Waals surface area contributed by atoms with Crippen molar-refractivity contribution in [3.63, 3.8) is 0 Å². The van der Waals surface area contributed by atoms with Gasteiger partial charge in [0.2, 0.25) is 0 Å². The summed E-state index contributed by atoms with van der Waals surface area (Å²) in [6.07, 6.45) is 2.65. The predicted molar refractivity (Wildman–Crippen MR) is 63.6 cm³/mol. The molecule has 1 aliphatic carbocycles. The van der Waals surface area contributed by atoms with Crippen molar-refractivity contribution in [3.05, 3.63) is 29.8 Å². The number of benzene rings is 1. The lowest BCUT2D eigenvalue weighted by Crippen LogP contribution is -2.46. The van der Waals surface area contributed by atoms with E-state index in [1.54, 1.807) is 18.2 Å². The Morgan fingerprint density at radius 1 is 1.33 bits per heavy atom. The first-order valence-electron chi connectivity index (χ1n) is 6.05. The highest BCUT2D eigenvalue weighted by Gasteiger charge is 2.33. The summed E-state index contributed by atoms with van der Waals surface area (Å²) >= 11 is 0. The molecule has 0 radical (unpaired) electrons. The van der Waals surface area contributed by atoms with Gasteiger partial charge in [-0.3, -0.25) is 0 Å². The monoisotopic (exact) mass is 257 g/mol. The van der Waals surface area contributed by atoms with Gasteiger partial charge in [0.15, 0.2) is 0 Å². The van der Waals surface area contributed by atoms with Gasteiger partial charge in [-0.25, -0.2) is 0 Å². The van der Waals surface area contributed by atoms with E-state index in [1.807, 2.05) is 0 Å². The molecule has 1 fully saturated rings. The molecule has 0 amide bonds. The zero-order valence-corrected chi connectivity index (χ0v) is 10.0. The number of hydrogen-bond donors (Lipinski definition) is 2. The van der Waals surface area contributed by atoms with Crippen LogP contribution in [0.2, 0.25) is 0 Å². The molecular weight excluding hydrogens is 240 g/mol. The summed E-state index contributed by atoms with van der Waals surface area (Å²) in [5.74, 6) is 0.181. The highest BCUT2D eigenvalue weighted by atomic mass is 19.3. The van der Waals surface area contributed by atoms with Crippen LogP contribution in [0, 0.1) is 0 Å². The number of alkyl halides is 2. The van der Waals surface area contributed by atoms with Crippen LogP contribution in [0.4, 0.5) is 8.78 Å². The SMILES string of the molecule is OC1(CNCc2ccccc2OC(F)F)CCC1. The Bertz CT molecular complexity index is 394. The van der Waals surface area contributed by atoms with Crippen LogP contribution in [0.5, 0.6) is 5.75 Å². The first kappa shape index (κ1) is 13.2. The standard InChI is InChI=1S/C13H17F2NO2/c14-12(15)18-11-5-2-1-4-10(11)8-16-9-13(17)6-3-7-13/h1-2,4-5,12,16-17H,3,6-9H2. The maximum atomic E-state index is 12.2. The largest absolute Gasteiger partial charge is 0.434 e. The molecule has 3 nitrogen and oxygen atoms in total. The van der Waals surface area contributed by atoms with Gasteiger partial charge in [0.05, 0.1) is 5.60 Å². The number of aliphatic hydroxyl groups is 1. The predicted octanol–water partition coefficient (Wildman–Crippen LogP) is 2.29. The van der Waals surface area contributed by atoms with E-state index >= 15 is 0 Å². The summed E-state index contributed by atoms with van der Waals surface area (Å²) < 4.78 is 28.8. The molecule has 0 spiro atoms. The van der Waals surface area contributed by atoms with Gasteiger partial charge >= 0.3 is 6.61 Å². The van der Waals surface area contributed by atoms with Gasteiger partial charge in [0, 0.05) is 18.7 Å². The van der Waals surface area contributed by atoms with E-state index in [4.69, 9.17) is 0 Å². The van der Waals surface area contributed by atoms with Crippen LogP contribution in [0.25, 0.3) is 0 Å². The van der Waals surface area contributed by atoms with Gasteiger partial charge in [-0.1, -0.05) is 18.2 Å². The summed E-state index contributed by atoms with van der Waals surface area (Å²) in [6, 6.07) is 6.67. The first-order chi connectivity index (χ1) is 8.59. The molecule has 0 atom stereocenters. The summed E-state index contributed by atoms with van der Waals surface area (Å²) in [7, 11) is 0. The number of ether oxygens (including phenoxy) is 1. The van der Waals surface area contributed by atoms with Crippen molar-refractivity contribution in [2.45, 2.75) is 38.0 Å². The molecule has 5 heteroatoms. The van der Waals surface area contributed by atoms with Crippen LogP contribution in [0.15, 0.2) is 24.3 Å². The van der Waals surface area contributed by atoms with Gasteiger partial charge < -0.3 is 15.2 Å². The van der Waals surface area contributed by atoms with E-state index in [1.165, 1.54) is 6.07 Å². The normalized spacial score (nSPS) is 17.6. The van der Waals surface area contributed by atoms with E-state index in [0.29, 0.717) is 18.7 Å². The molecule has 0 heterocycles. The van der Waals surface area contributed by atoms with E-state index in [0.717, 1.165) is 19.3 Å². The highest BCUT2D eigenvalue weighted by molar-refractivity contribution is 5.33. The molecule has 0 unspecified atom stereocenters. The molecule has 0 aliphatic heterocycles. The lowest BCUT2D eigenvalue weighted by Gasteiger charge is -2.36. The second-order valence-electron chi connectivity index (χ2n) is 4.67. The minimum absolute atomic E-state index is 0.181. The fraction of sp³-hybridized carbons (Fsp3) is 0.538. The summed E-state index contributed by atoms with van der Waals surface area (Å²) in [4.78, 5) is 0. The Morgan fingerprint density at radius 3 is 2.67 bits per heavy atom. The minimum Gasteiger partial charge on any atom is -0.434 e. The molecule has 100 valence electrons. The van der Waals surface area contributed by atoms with Crippen LogP contribution in [-0.2, 0) is 6.54 Å². The summed E-state index contributed by atoms with van der Waals surface area (Å²) in [5, 5.41) is 13.0. The third kappa shape index (κ3) is 3.40. The Hall–Kier alpha value is -1.20. The minimum atomic E-state index is -2.82. The Balaban J connectivity index is 1.88. The maximum Gasteiger partial charge on any atom is 0.387 e. The average molecular weight is 257 g/mol. The lowest BCUT2D eigenvalue weighted by molar-refractivity contribution is -0.0508. The molecule has 0 saturated heterocycles. The second kappa shape index (κ2) is 5.63. The molecule has 0 bridgehead atoms. The summed E-state index contributed by atoms with van der Waals surface area (Å²) in [5.41, 5.74) is 0.0548. The van der Waals surface area contributed by atoms with E-state index < -0.39 is 12.2 Å². The molecule has 1 saturated carbocycles. The molecule has 2 rings (SSSR count). The van der Waals surface area contributed by atoms with Crippen molar-refractivity contribution in [2.24, 2.45) is 0 Å². The molecule has 18 heavy (non-hydrogen) atoms. The van der Waals surface area contributed by atoms with Gasteiger partial charge in [-0.05, 0) is 25.3 Å². The Morgan fingerprint density at radius 2 is 2.06 bits per heavy atom. The number of hydrogen-bond acceptors (Lipinski definition) is 3. The van der Waals surface area contributed by atoms with Crippen LogP contribution >= 0.6 is 0 Å². The van der Waals surface area contributed by atoms with Crippen LogP contribution < -0.4 is 10.1 Å². The van der Waals surface area contributed by atoms with Crippen molar-refractivity contribution in [1.82, 2.24) is 5.32 Å². The molecule has 1 aromatic carbocycles. The zero-order chi connectivity index (χ0) is 13.0. The maximum absolute atomic E-state index is 12.2. The molecule has 1 aromatic rings. The van der Waals surface area contributed by atoms with Gasteiger partial charge in [0.25, 0.3) is 0 Å². The lowest BCUT2D eigenvalue weighted by atomic mass is 9.80. The van der Waals surface area contributed by atoms with Crippen molar-refractivity contribution < 1.29 is 18.6 Å². The van der Waals surface area contributed by atoms with Crippen LogP contribution in [0.1, 0.15) is 24.8 Å². The second-order valence-corrected chi connectivity index (χ2v) is 4.67. The zero-order valence-electron chi connectivity index (χ0n) is 10.0. The third-order valence-electron chi connectivity index (χ3n) is 3.24. The van der Waals surface area contributed by atoms with Gasteiger partial charge in [-0.2, -0.15) is 8.78 Å². The Labute approximate surface area is 105 Å². The topological polar surface area (TPSA) is 41.5 Å². The quantitative estimate of drug-likeness (QED) is 0.821. The fourth-order valence-electron chi connectivity index (χ4n) is 2.05. The van der Waals surface area contributed by atoms with Crippen LogP contribution in [0.3, 0.4) is 0 Å². The summed E-state index contributed by atoms with van der Waals surface area (Å²) in [6.45, 7) is -1.93. The fourth-order valence-corrected chi connectivity index (χ4v) is 2.05. The molecular formula is C13H17F2NO2. The third-order valence-corrected chi connectivity index (χ3v) is 3.24.